The van der Waals surface area contributed by atoms with Gasteiger partial charge in [-0.2, -0.15) is 0 Å². The Kier molecular flexibility index (Phi) is 19.1. The van der Waals surface area contributed by atoms with E-state index in [2.05, 4.69) is 4.90 Å². The van der Waals surface area contributed by atoms with Gasteiger partial charge in [-0.25, -0.2) is 4.79 Å². The van der Waals surface area contributed by atoms with Crippen molar-refractivity contribution in [2.45, 2.75) is 0 Å². The van der Waals surface area contributed by atoms with Crippen molar-refractivity contribution in [3.63, 3.8) is 0 Å². The molecule has 0 aromatic heterocycles. The average molecular weight is 486 g/mol. The molecule has 0 radical (unpaired) electrons. The number of carbonyl (C=O) groups is 2. The van der Waals surface area contributed by atoms with E-state index in [1.54, 1.807) is 30.3 Å². The molecule has 0 aliphatic heterocycles. The zero-order valence-corrected chi connectivity index (χ0v) is 20.4. The molecular formula is C24H39NO9. The fraction of sp³-hybridized carbons (Fsp3) is 0.667. The van der Waals surface area contributed by atoms with E-state index in [1.807, 2.05) is 14.1 Å². The Hall–Kier alpha value is -1.92. The van der Waals surface area contributed by atoms with Crippen LogP contribution in [0.1, 0.15) is 10.4 Å². The Morgan fingerprint density at radius 1 is 0.588 bits per heavy atom. The van der Waals surface area contributed by atoms with Crippen LogP contribution >= 0.6 is 0 Å². The van der Waals surface area contributed by atoms with Crippen LogP contribution in [-0.2, 0) is 38.0 Å². The predicted octanol–water partition coefficient (Wildman–Crippen LogP) is 1.07. The van der Waals surface area contributed by atoms with Crippen molar-refractivity contribution in [1.29, 1.82) is 0 Å². The van der Waals surface area contributed by atoms with Gasteiger partial charge in [-0.3, -0.25) is 4.79 Å². The van der Waals surface area contributed by atoms with Crippen molar-refractivity contribution in [2.24, 2.45) is 0 Å². The fourth-order valence-corrected chi connectivity index (χ4v) is 2.41. The third-order valence-electron chi connectivity index (χ3n) is 4.23. The molecule has 10 heteroatoms. The molecule has 1 aromatic carbocycles. The number of Topliss-reactive ketones (excluding diaryl/α,β-unsaturated/α-hetero) is 1. The van der Waals surface area contributed by atoms with Crippen LogP contribution in [0.5, 0.6) is 0 Å². The number of hydrogen-bond donors (Lipinski definition) is 0. The zero-order chi connectivity index (χ0) is 24.7. The number of benzene rings is 1. The molecule has 0 fully saturated rings. The maximum Gasteiger partial charge on any atom is 0.379 e. The van der Waals surface area contributed by atoms with Crippen molar-refractivity contribution >= 4 is 11.8 Å². The largest absolute Gasteiger partial charge is 0.457 e. The number of hydrogen-bond acceptors (Lipinski definition) is 10. The van der Waals surface area contributed by atoms with Gasteiger partial charge in [0.05, 0.1) is 79.3 Å². The summed E-state index contributed by atoms with van der Waals surface area (Å²) >= 11 is 0. The Bertz CT molecular complexity index is 628. The number of nitrogens with zero attached hydrogens (tertiary/aromatic N) is 1. The molecule has 34 heavy (non-hydrogen) atoms. The van der Waals surface area contributed by atoms with Gasteiger partial charge in [0, 0.05) is 12.1 Å². The smallest absolute Gasteiger partial charge is 0.379 e. The van der Waals surface area contributed by atoms with Gasteiger partial charge in [-0.1, -0.05) is 30.3 Å². The van der Waals surface area contributed by atoms with E-state index in [0.717, 1.165) is 6.54 Å². The zero-order valence-electron chi connectivity index (χ0n) is 20.4. The number of likely N-dealkylation sites (N-methyl/N-ethyl adjacent to an activating group) is 1. The van der Waals surface area contributed by atoms with Crippen LogP contribution in [0, 0.1) is 0 Å². The summed E-state index contributed by atoms with van der Waals surface area (Å²) in [6, 6.07) is 8.27. The second-order valence-electron chi connectivity index (χ2n) is 7.31. The normalized spacial score (nSPS) is 11.1. The van der Waals surface area contributed by atoms with E-state index < -0.39 is 11.8 Å². The lowest BCUT2D eigenvalue weighted by atomic mass is 10.1. The Morgan fingerprint density at radius 2 is 0.971 bits per heavy atom. The predicted molar refractivity (Wildman–Crippen MR) is 125 cm³/mol. The second-order valence-corrected chi connectivity index (χ2v) is 7.31. The van der Waals surface area contributed by atoms with Crippen molar-refractivity contribution in [3.05, 3.63) is 35.9 Å². The molecule has 0 unspecified atom stereocenters. The minimum atomic E-state index is -0.888. The van der Waals surface area contributed by atoms with E-state index in [4.69, 9.17) is 33.2 Å². The second kappa shape index (κ2) is 21.6. The molecule has 0 saturated heterocycles. The molecule has 0 aliphatic carbocycles. The van der Waals surface area contributed by atoms with Gasteiger partial charge >= 0.3 is 5.97 Å². The van der Waals surface area contributed by atoms with Crippen molar-refractivity contribution in [2.75, 3.05) is 107 Å². The van der Waals surface area contributed by atoms with Gasteiger partial charge in [0.25, 0.3) is 5.78 Å². The number of carbonyl (C=O) groups excluding carboxylic acids is 2. The minimum Gasteiger partial charge on any atom is -0.457 e. The van der Waals surface area contributed by atoms with Gasteiger partial charge in [-0.15, -0.1) is 0 Å². The molecule has 0 N–H and O–H groups in total. The summed E-state index contributed by atoms with van der Waals surface area (Å²) in [7, 11) is 4.02. The van der Waals surface area contributed by atoms with Crippen molar-refractivity contribution < 1.29 is 42.7 Å². The molecule has 10 nitrogen and oxygen atoms in total. The van der Waals surface area contributed by atoms with E-state index in [-0.39, 0.29) is 13.2 Å². The SMILES string of the molecule is CN(C)CCOCCOCCOCCOCCOCCOCCOC(=O)C(=O)c1ccccc1. The average Bonchev–Trinajstić information content (AvgIpc) is 2.84. The van der Waals surface area contributed by atoms with Crippen LogP contribution < -0.4 is 0 Å². The summed E-state index contributed by atoms with van der Waals surface area (Å²) in [5, 5.41) is 0. The highest BCUT2D eigenvalue weighted by atomic mass is 16.6. The van der Waals surface area contributed by atoms with E-state index >= 15 is 0 Å². The molecular weight excluding hydrogens is 446 g/mol. The maximum absolute atomic E-state index is 11.8. The highest BCUT2D eigenvalue weighted by molar-refractivity contribution is 6.40. The van der Waals surface area contributed by atoms with E-state index in [0.29, 0.717) is 78.2 Å². The molecule has 0 bridgehead atoms. The molecule has 0 spiro atoms. The van der Waals surface area contributed by atoms with Crippen LogP contribution in [0.3, 0.4) is 0 Å². The van der Waals surface area contributed by atoms with Crippen LogP contribution in [0.25, 0.3) is 0 Å². The third-order valence-corrected chi connectivity index (χ3v) is 4.23. The topological polar surface area (TPSA) is 102 Å². The number of rotatable bonds is 23. The summed E-state index contributed by atoms with van der Waals surface area (Å²) in [6.45, 7) is 6.65. The molecule has 0 amide bonds. The van der Waals surface area contributed by atoms with Gasteiger partial charge in [0.15, 0.2) is 0 Å². The van der Waals surface area contributed by atoms with Gasteiger partial charge in [-0.05, 0) is 14.1 Å². The number of esters is 1. The van der Waals surface area contributed by atoms with Gasteiger partial charge in [0.1, 0.15) is 6.61 Å². The quantitative estimate of drug-likeness (QED) is 0.0968. The third kappa shape index (κ3) is 17.5. The van der Waals surface area contributed by atoms with Crippen molar-refractivity contribution in [1.82, 2.24) is 4.90 Å². The number of ketones is 1. The lowest BCUT2D eigenvalue weighted by molar-refractivity contribution is -0.139. The Labute approximate surface area is 202 Å². The lowest BCUT2D eigenvalue weighted by Crippen LogP contribution is -2.20. The maximum atomic E-state index is 11.8. The molecule has 0 aliphatic rings. The number of ether oxygens (including phenoxy) is 7. The molecule has 0 saturated carbocycles. The van der Waals surface area contributed by atoms with Crippen molar-refractivity contribution in [3.8, 4) is 0 Å². The van der Waals surface area contributed by atoms with E-state index in [9.17, 15) is 9.59 Å². The first-order valence-corrected chi connectivity index (χ1v) is 11.5. The summed E-state index contributed by atoms with van der Waals surface area (Å²) in [6.07, 6.45) is 0. The van der Waals surface area contributed by atoms with Crippen LogP contribution in [0.2, 0.25) is 0 Å². The van der Waals surface area contributed by atoms with Gasteiger partial charge < -0.3 is 38.1 Å². The summed E-state index contributed by atoms with van der Waals surface area (Å²) in [5.74, 6) is -1.56. The fourth-order valence-electron chi connectivity index (χ4n) is 2.41. The van der Waals surface area contributed by atoms with Gasteiger partial charge in [0.2, 0.25) is 0 Å². The Morgan fingerprint density at radius 3 is 1.38 bits per heavy atom. The first kappa shape index (κ1) is 30.1. The molecule has 194 valence electrons. The summed E-state index contributed by atoms with van der Waals surface area (Å²) in [5.41, 5.74) is 0.303. The molecule has 1 rings (SSSR count). The van der Waals surface area contributed by atoms with Crippen LogP contribution in [0.15, 0.2) is 30.3 Å². The first-order chi connectivity index (χ1) is 16.6. The molecule has 0 heterocycles. The first-order valence-electron chi connectivity index (χ1n) is 11.5. The minimum absolute atomic E-state index is 0.0100. The lowest BCUT2D eigenvalue weighted by Gasteiger charge is -2.10. The van der Waals surface area contributed by atoms with Crippen LogP contribution in [-0.4, -0.2) is 123 Å². The highest BCUT2D eigenvalue weighted by Gasteiger charge is 2.16. The molecule has 1 aromatic rings. The van der Waals surface area contributed by atoms with E-state index in [1.165, 1.54) is 0 Å². The Balaban J connectivity index is 1.75. The molecule has 0 atom stereocenters. The summed E-state index contributed by atoms with van der Waals surface area (Å²) in [4.78, 5) is 25.6. The van der Waals surface area contributed by atoms with Crippen LogP contribution in [0.4, 0.5) is 0 Å². The summed E-state index contributed by atoms with van der Waals surface area (Å²) < 4.78 is 37.2. The monoisotopic (exact) mass is 485 g/mol. The highest BCUT2D eigenvalue weighted by Crippen LogP contribution is 2.01. The standard InChI is InChI=1S/C24H39NO9/c1-25(2)8-9-28-10-11-29-12-13-30-14-15-31-16-17-32-18-19-33-20-21-34-24(27)23(26)22-6-4-3-5-7-22/h3-7H,8-21H2,1-2H3.